The number of aromatic nitrogens is 2. The fourth-order valence-corrected chi connectivity index (χ4v) is 1.62. The molecule has 112 valence electrons. The van der Waals surface area contributed by atoms with E-state index >= 15 is 0 Å². The number of anilines is 1. The van der Waals surface area contributed by atoms with Gasteiger partial charge in [-0.2, -0.15) is 13.2 Å². The summed E-state index contributed by atoms with van der Waals surface area (Å²) in [6, 6.07) is 0.807. The molecule has 1 heterocycles. The van der Waals surface area contributed by atoms with Gasteiger partial charge in [0.2, 0.25) is 5.95 Å². The molecule has 0 saturated carbocycles. The topological polar surface area (TPSA) is 55.3 Å². The molecule has 0 aliphatic rings. The van der Waals surface area contributed by atoms with Crippen LogP contribution in [0.3, 0.4) is 0 Å². The normalized spacial score (nSPS) is 12.9. The van der Waals surface area contributed by atoms with Crippen LogP contribution in [0.4, 0.5) is 19.1 Å². The summed E-state index contributed by atoms with van der Waals surface area (Å²) in [6.07, 6.45) is -3.47. The number of esters is 1. The molecule has 0 N–H and O–H groups in total. The van der Waals surface area contributed by atoms with E-state index in [2.05, 4.69) is 14.7 Å². The molecule has 0 bridgehead atoms. The number of alkyl halides is 3. The third-order valence-corrected chi connectivity index (χ3v) is 2.70. The lowest BCUT2D eigenvalue weighted by atomic mass is 10.2. The van der Waals surface area contributed by atoms with Crippen LogP contribution in [0.15, 0.2) is 12.3 Å². The Hall–Kier alpha value is -1.86. The molecule has 0 radical (unpaired) electrons. The van der Waals surface area contributed by atoms with Crippen molar-refractivity contribution in [3.8, 4) is 0 Å². The van der Waals surface area contributed by atoms with Gasteiger partial charge in [-0.1, -0.05) is 6.92 Å². The van der Waals surface area contributed by atoms with E-state index in [-0.39, 0.29) is 12.5 Å². The summed E-state index contributed by atoms with van der Waals surface area (Å²) < 4.78 is 42.4. The molecule has 0 fully saturated rings. The van der Waals surface area contributed by atoms with Crippen LogP contribution in [0.1, 0.15) is 19.5 Å². The zero-order chi connectivity index (χ0) is 15.3. The van der Waals surface area contributed by atoms with Crippen LogP contribution >= 0.6 is 0 Å². The highest BCUT2D eigenvalue weighted by molar-refractivity contribution is 5.72. The molecule has 0 saturated heterocycles. The molecule has 1 aromatic rings. The highest BCUT2D eigenvalue weighted by Crippen LogP contribution is 2.28. The third-order valence-electron chi connectivity index (χ3n) is 2.70. The van der Waals surface area contributed by atoms with Gasteiger partial charge in [-0.3, -0.25) is 4.79 Å². The first-order valence-electron chi connectivity index (χ1n) is 6.02. The minimum atomic E-state index is -4.52. The summed E-state index contributed by atoms with van der Waals surface area (Å²) in [5.41, 5.74) is -1.01. The number of hydrogen-bond acceptors (Lipinski definition) is 5. The zero-order valence-corrected chi connectivity index (χ0v) is 11.4. The summed E-state index contributed by atoms with van der Waals surface area (Å²) in [4.78, 5) is 20.2. The van der Waals surface area contributed by atoms with Crippen LogP contribution in [0.2, 0.25) is 0 Å². The molecule has 1 rings (SSSR count). The van der Waals surface area contributed by atoms with Crippen LogP contribution < -0.4 is 4.90 Å². The Morgan fingerprint density at radius 3 is 2.65 bits per heavy atom. The van der Waals surface area contributed by atoms with Crippen molar-refractivity contribution >= 4 is 11.9 Å². The first-order chi connectivity index (χ1) is 9.29. The summed E-state index contributed by atoms with van der Waals surface area (Å²) in [7, 11) is 1.26. The quantitative estimate of drug-likeness (QED) is 0.778. The molecule has 0 amide bonds. The minimum absolute atomic E-state index is 0.0573. The Bertz CT molecular complexity index is 466. The maximum atomic E-state index is 12.6. The Labute approximate surface area is 114 Å². The summed E-state index contributed by atoms with van der Waals surface area (Å²) in [5, 5.41) is 0. The van der Waals surface area contributed by atoms with Gasteiger partial charge in [0.25, 0.3) is 0 Å². The van der Waals surface area contributed by atoms with Gasteiger partial charge in [0.15, 0.2) is 0 Å². The van der Waals surface area contributed by atoms with Crippen molar-refractivity contribution in [2.75, 3.05) is 25.1 Å². The lowest BCUT2D eigenvalue weighted by molar-refractivity contribution is -0.144. The molecule has 20 heavy (non-hydrogen) atoms. The van der Waals surface area contributed by atoms with E-state index in [1.165, 1.54) is 12.0 Å². The predicted molar refractivity (Wildman–Crippen MR) is 66.1 cm³/mol. The fourth-order valence-electron chi connectivity index (χ4n) is 1.62. The van der Waals surface area contributed by atoms with Crippen LogP contribution in [0.5, 0.6) is 0 Å². The van der Waals surface area contributed by atoms with Crippen molar-refractivity contribution in [1.82, 2.24) is 9.97 Å². The predicted octanol–water partition coefficient (Wildman–Crippen LogP) is 2.13. The Kier molecular flexibility index (Phi) is 5.29. The number of nitrogens with zero attached hydrogens (tertiary/aromatic N) is 3. The second-order valence-electron chi connectivity index (χ2n) is 4.20. The van der Waals surface area contributed by atoms with Crippen LogP contribution in [-0.4, -0.2) is 36.1 Å². The van der Waals surface area contributed by atoms with Gasteiger partial charge in [-0.15, -0.1) is 0 Å². The highest BCUT2D eigenvalue weighted by Gasteiger charge is 2.33. The summed E-state index contributed by atoms with van der Waals surface area (Å²) in [5.74, 6) is -0.980. The molecule has 0 unspecified atom stereocenters. The van der Waals surface area contributed by atoms with Gasteiger partial charge < -0.3 is 9.64 Å². The molecule has 8 heteroatoms. The second-order valence-corrected chi connectivity index (χ2v) is 4.20. The van der Waals surface area contributed by atoms with Crippen LogP contribution in [0, 0.1) is 5.92 Å². The SMILES string of the molecule is CCN(C[C@H](C)C(=O)OC)c1nccc(C(F)(F)F)n1. The van der Waals surface area contributed by atoms with E-state index in [9.17, 15) is 18.0 Å². The number of halogens is 3. The van der Waals surface area contributed by atoms with E-state index in [1.54, 1.807) is 13.8 Å². The second kappa shape index (κ2) is 6.53. The maximum Gasteiger partial charge on any atom is 0.433 e. The average molecular weight is 291 g/mol. The maximum absolute atomic E-state index is 12.6. The highest BCUT2D eigenvalue weighted by atomic mass is 19.4. The Morgan fingerprint density at radius 2 is 2.15 bits per heavy atom. The van der Waals surface area contributed by atoms with Gasteiger partial charge in [0.1, 0.15) is 5.69 Å². The first-order valence-corrected chi connectivity index (χ1v) is 6.02. The molecular weight excluding hydrogens is 275 g/mol. The Morgan fingerprint density at radius 1 is 1.50 bits per heavy atom. The number of hydrogen-bond donors (Lipinski definition) is 0. The summed E-state index contributed by atoms with van der Waals surface area (Å²) in [6.45, 7) is 3.93. The van der Waals surface area contributed by atoms with Gasteiger partial charge in [0.05, 0.1) is 13.0 Å². The van der Waals surface area contributed by atoms with Crippen molar-refractivity contribution in [3.63, 3.8) is 0 Å². The van der Waals surface area contributed by atoms with Crippen LogP contribution in [0.25, 0.3) is 0 Å². The third kappa shape index (κ3) is 4.07. The number of ether oxygens (including phenoxy) is 1. The van der Waals surface area contributed by atoms with Gasteiger partial charge in [-0.05, 0) is 13.0 Å². The molecule has 0 aliphatic carbocycles. The molecule has 1 atom stereocenters. The van der Waals surface area contributed by atoms with E-state index in [1.807, 2.05) is 0 Å². The number of carbonyl (C=O) groups is 1. The molecule has 5 nitrogen and oxygen atoms in total. The van der Waals surface area contributed by atoms with Gasteiger partial charge in [-0.25, -0.2) is 9.97 Å². The van der Waals surface area contributed by atoms with Gasteiger partial charge >= 0.3 is 12.1 Å². The fraction of sp³-hybridized carbons (Fsp3) is 0.583. The zero-order valence-electron chi connectivity index (χ0n) is 11.4. The van der Waals surface area contributed by atoms with Crippen molar-refractivity contribution < 1.29 is 22.7 Å². The summed E-state index contributed by atoms with van der Waals surface area (Å²) >= 11 is 0. The Balaban J connectivity index is 2.93. The van der Waals surface area contributed by atoms with Crippen molar-refractivity contribution in [3.05, 3.63) is 18.0 Å². The smallest absolute Gasteiger partial charge is 0.433 e. The first kappa shape index (κ1) is 16.2. The van der Waals surface area contributed by atoms with Crippen LogP contribution in [-0.2, 0) is 15.7 Å². The number of rotatable bonds is 5. The molecule has 0 spiro atoms. The molecule has 0 aromatic carbocycles. The minimum Gasteiger partial charge on any atom is -0.469 e. The van der Waals surface area contributed by atoms with Crippen molar-refractivity contribution in [2.45, 2.75) is 20.0 Å². The van der Waals surface area contributed by atoms with Crippen molar-refractivity contribution in [2.24, 2.45) is 5.92 Å². The number of carbonyl (C=O) groups excluding carboxylic acids is 1. The largest absolute Gasteiger partial charge is 0.469 e. The number of methoxy groups -OCH3 is 1. The average Bonchev–Trinajstić information content (AvgIpc) is 2.42. The lowest BCUT2D eigenvalue weighted by Crippen LogP contribution is -2.33. The monoisotopic (exact) mass is 291 g/mol. The molecular formula is C12H16F3N3O2. The van der Waals surface area contributed by atoms with E-state index < -0.39 is 23.8 Å². The van der Waals surface area contributed by atoms with E-state index in [0.717, 1.165) is 12.3 Å². The van der Waals surface area contributed by atoms with E-state index in [0.29, 0.717) is 6.54 Å². The lowest BCUT2D eigenvalue weighted by Gasteiger charge is -2.23. The molecule has 0 aliphatic heterocycles. The van der Waals surface area contributed by atoms with Crippen molar-refractivity contribution in [1.29, 1.82) is 0 Å². The van der Waals surface area contributed by atoms with Gasteiger partial charge in [0, 0.05) is 19.3 Å². The van der Waals surface area contributed by atoms with E-state index in [4.69, 9.17) is 0 Å². The standard InChI is InChI=1S/C12H16F3N3O2/c1-4-18(7-8(2)10(19)20-3)11-16-6-5-9(17-11)12(13,14)15/h5-6,8H,4,7H2,1-3H3/t8-/m0/s1. The molecule has 1 aromatic heterocycles.